The molecule has 2 rings (SSSR count). The Bertz CT molecular complexity index is 619. The highest BCUT2D eigenvalue weighted by Gasteiger charge is 2.16. The van der Waals surface area contributed by atoms with Crippen LogP contribution in [-0.4, -0.2) is 14.2 Å². The van der Waals surface area contributed by atoms with Gasteiger partial charge in [-0.1, -0.05) is 33.6 Å². The number of nitrogens with one attached hydrogen (secondary N) is 1. The first-order valence-corrected chi connectivity index (χ1v) is 7.99. The number of ether oxygens (including phenoxy) is 1. The lowest BCUT2D eigenvalue weighted by atomic mass is 9.99. The molecule has 0 saturated heterocycles. The molecule has 1 atom stereocenters. The van der Waals surface area contributed by atoms with Gasteiger partial charge in [0.15, 0.2) is 0 Å². The number of rotatable bonds is 4. The van der Waals surface area contributed by atoms with E-state index in [0.29, 0.717) is 0 Å². The molecule has 0 radical (unpaired) electrons. The first-order valence-electron chi connectivity index (χ1n) is 6.02. The summed E-state index contributed by atoms with van der Waals surface area (Å²) in [5.74, 6) is 0.814. The predicted molar refractivity (Wildman–Crippen MR) is 90.7 cm³/mol. The SMILES string of the molecule is CNC(c1ccc(OC)c(Br)c1)c1cc(Cl)ccc1Br. The molecule has 0 heterocycles. The van der Waals surface area contributed by atoms with Gasteiger partial charge in [-0.05, 0) is 64.4 Å². The second-order valence-electron chi connectivity index (χ2n) is 4.28. The minimum absolute atomic E-state index is 0.0466. The Morgan fingerprint density at radius 2 is 1.85 bits per heavy atom. The van der Waals surface area contributed by atoms with Gasteiger partial charge in [0.1, 0.15) is 5.75 Å². The zero-order chi connectivity index (χ0) is 14.7. The Balaban J connectivity index is 2.46. The maximum Gasteiger partial charge on any atom is 0.133 e. The van der Waals surface area contributed by atoms with Gasteiger partial charge in [-0.15, -0.1) is 0 Å². The van der Waals surface area contributed by atoms with E-state index in [1.807, 2.05) is 43.4 Å². The monoisotopic (exact) mass is 417 g/mol. The van der Waals surface area contributed by atoms with Gasteiger partial charge in [-0.25, -0.2) is 0 Å². The van der Waals surface area contributed by atoms with Crippen molar-refractivity contribution in [3.05, 3.63) is 61.5 Å². The number of halogens is 3. The van der Waals surface area contributed by atoms with Crippen molar-refractivity contribution < 1.29 is 4.74 Å². The third kappa shape index (κ3) is 3.37. The highest BCUT2D eigenvalue weighted by molar-refractivity contribution is 9.10. The summed E-state index contributed by atoms with van der Waals surface area (Å²) in [4.78, 5) is 0. The standard InChI is InChI=1S/C15H14Br2ClNO/c1-19-15(11-8-10(18)4-5-12(11)16)9-3-6-14(20-2)13(17)7-9/h3-8,15,19H,1-2H3. The maximum atomic E-state index is 6.11. The van der Waals surface area contributed by atoms with Gasteiger partial charge in [-0.3, -0.25) is 0 Å². The average Bonchev–Trinajstić information content (AvgIpc) is 2.44. The summed E-state index contributed by atoms with van der Waals surface area (Å²) in [5.41, 5.74) is 2.22. The van der Waals surface area contributed by atoms with Crippen LogP contribution >= 0.6 is 43.5 Å². The Morgan fingerprint density at radius 3 is 2.45 bits per heavy atom. The van der Waals surface area contributed by atoms with Gasteiger partial charge < -0.3 is 10.1 Å². The third-order valence-corrected chi connectivity index (χ3v) is 4.64. The van der Waals surface area contributed by atoms with E-state index in [2.05, 4.69) is 37.2 Å². The number of hydrogen-bond acceptors (Lipinski definition) is 2. The van der Waals surface area contributed by atoms with Gasteiger partial charge in [-0.2, -0.15) is 0 Å². The summed E-state index contributed by atoms with van der Waals surface area (Å²) >= 11 is 13.2. The van der Waals surface area contributed by atoms with Crippen LogP contribution in [0.4, 0.5) is 0 Å². The van der Waals surface area contributed by atoms with Crippen LogP contribution in [0.15, 0.2) is 45.3 Å². The molecule has 2 aromatic rings. The minimum Gasteiger partial charge on any atom is -0.496 e. The molecule has 5 heteroatoms. The van der Waals surface area contributed by atoms with E-state index in [1.165, 1.54) is 0 Å². The number of hydrogen-bond donors (Lipinski definition) is 1. The normalized spacial score (nSPS) is 12.2. The molecule has 2 nitrogen and oxygen atoms in total. The number of benzene rings is 2. The van der Waals surface area contributed by atoms with Crippen molar-refractivity contribution in [1.82, 2.24) is 5.32 Å². The molecule has 0 saturated carbocycles. The van der Waals surface area contributed by atoms with Gasteiger partial charge in [0.05, 0.1) is 17.6 Å². The quantitative estimate of drug-likeness (QED) is 0.737. The van der Waals surface area contributed by atoms with Gasteiger partial charge >= 0.3 is 0 Å². The van der Waals surface area contributed by atoms with Crippen molar-refractivity contribution in [3.63, 3.8) is 0 Å². The average molecular weight is 420 g/mol. The van der Waals surface area contributed by atoms with Crippen LogP contribution in [0.3, 0.4) is 0 Å². The molecule has 0 bridgehead atoms. The topological polar surface area (TPSA) is 21.3 Å². The van der Waals surface area contributed by atoms with E-state index in [-0.39, 0.29) is 6.04 Å². The molecule has 1 N–H and O–H groups in total. The summed E-state index contributed by atoms with van der Waals surface area (Å²) in [6.45, 7) is 0. The van der Waals surface area contributed by atoms with Gasteiger partial charge in [0.2, 0.25) is 0 Å². The fourth-order valence-electron chi connectivity index (χ4n) is 2.10. The molecule has 0 spiro atoms. The molecular weight excluding hydrogens is 405 g/mol. The molecule has 0 aliphatic heterocycles. The van der Waals surface area contributed by atoms with Crippen molar-refractivity contribution in [1.29, 1.82) is 0 Å². The molecular formula is C15H14Br2ClNO. The zero-order valence-corrected chi connectivity index (χ0v) is 15.0. The lowest BCUT2D eigenvalue weighted by Crippen LogP contribution is -2.18. The van der Waals surface area contributed by atoms with Gasteiger partial charge in [0, 0.05) is 9.50 Å². The molecule has 2 aromatic carbocycles. The first kappa shape index (κ1) is 15.8. The van der Waals surface area contributed by atoms with Crippen LogP contribution in [0.25, 0.3) is 0 Å². The zero-order valence-electron chi connectivity index (χ0n) is 11.1. The number of methoxy groups -OCH3 is 1. The van der Waals surface area contributed by atoms with E-state index < -0.39 is 0 Å². The van der Waals surface area contributed by atoms with E-state index in [0.717, 1.165) is 30.8 Å². The molecule has 1 unspecified atom stereocenters. The van der Waals surface area contributed by atoms with Gasteiger partial charge in [0.25, 0.3) is 0 Å². The smallest absolute Gasteiger partial charge is 0.133 e. The summed E-state index contributed by atoms with van der Waals surface area (Å²) in [7, 11) is 3.58. The van der Waals surface area contributed by atoms with Crippen molar-refractivity contribution in [2.45, 2.75) is 6.04 Å². The molecule has 20 heavy (non-hydrogen) atoms. The van der Waals surface area contributed by atoms with E-state index in [9.17, 15) is 0 Å². The van der Waals surface area contributed by atoms with Crippen LogP contribution in [0.5, 0.6) is 5.75 Å². The van der Waals surface area contributed by atoms with Crippen molar-refractivity contribution in [3.8, 4) is 5.75 Å². The fourth-order valence-corrected chi connectivity index (χ4v) is 3.31. The van der Waals surface area contributed by atoms with E-state index >= 15 is 0 Å². The Morgan fingerprint density at radius 1 is 1.10 bits per heavy atom. The van der Waals surface area contributed by atoms with Crippen LogP contribution in [-0.2, 0) is 0 Å². The highest BCUT2D eigenvalue weighted by Crippen LogP contribution is 2.34. The Labute approximate surface area is 140 Å². The fraction of sp³-hybridized carbons (Fsp3) is 0.200. The summed E-state index contributed by atoms with van der Waals surface area (Å²) in [6.07, 6.45) is 0. The predicted octanol–water partition coefficient (Wildman–Crippen LogP) is 5.18. The maximum absolute atomic E-state index is 6.11. The lowest BCUT2D eigenvalue weighted by Gasteiger charge is -2.20. The Kier molecular flexibility index (Phi) is 5.49. The molecule has 0 amide bonds. The van der Waals surface area contributed by atoms with Crippen LogP contribution in [0, 0.1) is 0 Å². The van der Waals surface area contributed by atoms with E-state index in [4.69, 9.17) is 16.3 Å². The van der Waals surface area contributed by atoms with E-state index in [1.54, 1.807) is 7.11 Å². The molecule has 106 valence electrons. The molecule has 0 fully saturated rings. The largest absolute Gasteiger partial charge is 0.496 e. The molecule has 0 aliphatic carbocycles. The van der Waals surface area contributed by atoms with Crippen LogP contribution in [0.1, 0.15) is 17.2 Å². The van der Waals surface area contributed by atoms with Crippen molar-refractivity contribution >= 4 is 43.5 Å². The van der Waals surface area contributed by atoms with Crippen molar-refractivity contribution in [2.24, 2.45) is 0 Å². The Hall–Kier alpha value is -0.550. The van der Waals surface area contributed by atoms with Crippen molar-refractivity contribution in [2.75, 3.05) is 14.2 Å². The summed E-state index contributed by atoms with van der Waals surface area (Å²) < 4.78 is 7.21. The second-order valence-corrected chi connectivity index (χ2v) is 6.43. The molecule has 0 aliphatic rings. The molecule has 0 aromatic heterocycles. The van der Waals surface area contributed by atoms with Crippen LogP contribution in [0.2, 0.25) is 5.02 Å². The van der Waals surface area contributed by atoms with Crippen LogP contribution < -0.4 is 10.1 Å². The first-order chi connectivity index (χ1) is 9.56. The summed E-state index contributed by atoms with van der Waals surface area (Å²) in [5, 5.41) is 4.04. The summed E-state index contributed by atoms with van der Waals surface area (Å²) in [6, 6.07) is 11.9. The lowest BCUT2D eigenvalue weighted by molar-refractivity contribution is 0.412. The second kappa shape index (κ2) is 6.94. The highest BCUT2D eigenvalue weighted by atomic mass is 79.9. The third-order valence-electron chi connectivity index (χ3n) is 3.07. The minimum atomic E-state index is 0.0466.